The number of benzene rings is 1. The first-order valence-corrected chi connectivity index (χ1v) is 10.3. The minimum atomic E-state index is -0.491. The number of amides is 2. The lowest BCUT2D eigenvalue weighted by atomic mass is 10.2. The fourth-order valence-corrected chi connectivity index (χ4v) is 3.74. The van der Waals surface area contributed by atoms with Crippen LogP contribution in [0.25, 0.3) is 11.4 Å². The third kappa shape index (κ3) is 4.62. The van der Waals surface area contributed by atoms with Crippen molar-refractivity contribution >= 4 is 11.8 Å². The minimum Gasteiger partial charge on any atom is -0.497 e. The summed E-state index contributed by atoms with van der Waals surface area (Å²) in [6.45, 7) is 1.94. The number of likely N-dealkylation sites (tertiary alicyclic amines) is 1. The van der Waals surface area contributed by atoms with E-state index < -0.39 is 6.10 Å². The molecule has 2 saturated heterocycles. The van der Waals surface area contributed by atoms with Gasteiger partial charge in [-0.1, -0.05) is 23.7 Å². The normalized spacial score (nSPS) is 20.2. The van der Waals surface area contributed by atoms with E-state index in [1.165, 1.54) is 0 Å². The average molecular weight is 414 g/mol. The van der Waals surface area contributed by atoms with E-state index in [1.54, 1.807) is 16.9 Å². The highest BCUT2D eigenvalue weighted by atomic mass is 16.5. The highest BCUT2D eigenvalue weighted by molar-refractivity contribution is 5.85. The van der Waals surface area contributed by atoms with Crippen molar-refractivity contribution in [2.45, 2.75) is 31.8 Å². The lowest BCUT2D eigenvalue weighted by Crippen LogP contribution is -2.47. The maximum absolute atomic E-state index is 12.8. The van der Waals surface area contributed by atoms with Gasteiger partial charge in [-0.25, -0.2) is 0 Å². The number of hydrogen-bond acceptors (Lipinski definition) is 7. The summed E-state index contributed by atoms with van der Waals surface area (Å²) in [5, 5.41) is 4.04. The summed E-state index contributed by atoms with van der Waals surface area (Å²) >= 11 is 0. The molecular weight excluding hydrogens is 388 g/mol. The SMILES string of the molecule is COc1cccc(-c2noc([C@H]3CN(C(=O)CN4CCCCCC4=O)CCO3)n2)c1. The van der Waals surface area contributed by atoms with E-state index in [-0.39, 0.29) is 18.4 Å². The van der Waals surface area contributed by atoms with Crippen LogP contribution in [0.3, 0.4) is 0 Å². The highest BCUT2D eigenvalue weighted by Gasteiger charge is 2.31. The monoisotopic (exact) mass is 414 g/mol. The molecule has 9 nitrogen and oxygen atoms in total. The Morgan fingerprint density at radius 3 is 3.03 bits per heavy atom. The Morgan fingerprint density at radius 1 is 1.27 bits per heavy atom. The molecule has 0 bridgehead atoms. The van der Waals surface area contributed by atoms with Crippen LogP contribution < -0.4 is 4.74 Å². The van der Waals surface area contributed by atoms with Crippen LogP contribution in [0.5, 0.6) is 5.75 Å². The number of hydrogen-bond donors (Lipinski definition) is 0. The molecule has 0 radical (unpaired) electrons. The van der Waals surface area contributed by atoms with Gasteiger partial charge in [0.25, 0.3) is 5.89 Å². The van der Waals surface area contributed by atoms with Crippen molar-refractivity contribution in [3.63, 3.8) is 0 Å². The molecule has 2 amide bonds. The molecule has 160 valence electrons. The van der Waals surface area contributed by atoms with Crippen molar-refractivity contribution in [1.82, 2.24) is 19.9 Å². The van der Waals surface area contributed by atoms with Crippen LogP contribution in [-0.4, -0.2) is 71.7 Å². The van der Waals surface area contributed by atoms with Gasteiger partial charge in [-0.15, -0.1) is 0 Å². The van der Waals surface area contributed by atoms with Crippen molar-refractivity contribution < 1.29 is 23.6 Å². The first kappa shape index (κ1) is 20.3. The molecule has 2 aliphatic rings. The first-order chi connectivity index (χ1) is 14.6. The topological polar surface area (TPSA) is 98.0 Å². The highest BCUT2D eigenvalue weighted by Crippen LogP contribution is 2.26. The van der Waals surface area contributed by atoms with Crippen molar-refractivity contribution in [2.24, 2.45) is 0 Å². The second-order valence-electron chi connectivity index (χ2n) is 7.51. The molecule has 0 saturated carbocycles. The molecule has 0 aliphatic carbocycles. The average Bonchev–Trinajstić information content (AvgIpc) is 3.20. The number of ether oxygens (including phenoxy) is 2. The van der Waals surface area contributed by atoms with E-state index >= 15 is 0 Å². The molecule has 0 unspecified atom stereocenters. The summed E-state index contributed by atoms with van der Waals surface area (Å²) in [5.41, 5.74) is 0.771. The van der Waals surface area contributed by atoms with E-state index in [2.05, 4.69) is 10.1 Å². The van der Waals surface area contributed by atoms with E-state index in [4.69, 9.17) is 14.0 Å². The van der Waals surface area contributed by atoms with E-state index in [9.17, 15) is 9.59 Å². The van der Waals surface area contributed by atoms with Crippen molar-refractivity contribution in [2.75, 3.05) is 39.9 Å². The number of morpholine rings is 1. The van der Waals surface area contributed by atoms with Crippen LogP contribution in [0.15, 0.2) is 28.8 Å². The summed E-state index contributed by atoms with van der Waals surface area (Å²) in [5.74, 6) is 1.45. The van der Waals surface area contributed by atoms with Crippen LogP contribution in [0.2, 0.25) is 0 Å². The summed E-state index contributed by atoms with van der Waals surface area (Å²) in [6.07, 6.45) is 2.90. The maximum Gasteiger partial charge on any atom is 0.257 e. The van der Waals surface area contributed by atoms with E-state index in [0.717, 1.165) is 24.8 Å². The van der Waals surface area contributed by atoms with Crippen LogP contribution >= 0.6 is 0 Å². The van der Waals surface area contributed by atoms with Gasteiger partial charge in [-0.05, 0) is 25.0 Å². The Kier molecular flexibility index (Phi) is 6.27. The largest absolute Gasteiger partial charge is 0.497 e. The minimum absolute atomic E-state index is 0.0606. The predicted molar refractivity (Wildman–Crippen MR) is 107 cm³/mol. The second kappa shape index (κ2) is 9.25. The van der Waals surface area contributed by atoms with Gasteiger partial charge in [-0.3, -0.25) is 9.59 Å². The van der Waals surface area contributed by atoms with Crippen LogP contribution in [0, 0.1) is 0 Å². The Labute approximate surface area is 174 Å². The smallest absolute Gasteiger partial charge is 0.257 e. The zero-order chi connectivity index (χ0) is 20.9. The van der Waals surface area contributed by atoms with Gasteiger partial charge >= 0.3 is 0 Å². The molecule has 1 aromatic heterocycles. The zero-order valence-electron chi connectivity index (χ0n) is 17.1. The Bertz CT molecular complexity index is 899. The molecule has 2 aromatic rings. The number of rotatable bonds is 5. The summed E-state index contributed by atoms with van der Waals surface area (Å²) in [7, 11) is 1.60. The molecule has 30 heavy (non-hydrogen) atoms. The Balaban J connectivity index is 1.40. The number of carbonyl (C=O) groups is 2. The van der Waals surface area contributed by atoms with E-state index in [0.29, 0.717) is 50.1 Å². The molecule has 4 rings (SSSR count). The van der Waals surface area contributed by atoms with Gasteiger partial charge in [-0.2, -0.15) is 4.98 Å². The number of aromatic nitrogens is 2. The quantitative estimate of drug-likeness (QED) is 0.738. The number of methoxy groups -OCH3 is 1. The molecule has 3 heterocycles. The fourth-order valence-electron chi connectivity index (χ4n) is 3.74. The predicted octanol–water partition coefficient (Wildman–Crippen LogP) is 2.05. The molecule has 1 aromatic carbocycles. The van der Waals surface area contributed by atoms with Crippen molar-refractivity contribution in [1.29, 1.82) is 0 Å². The molecule has 0 spiro atoms. The number of nitrogens with zero attached hydrogens (tertiary/aromatic N) is 4. The van der Waals surface area contributed by atoms with Gasteiger partial charge in [0.05, 0.1) is 26.8 Å². The van der Waals surface area contributed by atoms with Crippen LogP contribution in [0.1, 0.15) is 37.7 Å². The van der Waals surface area contributed by atoms with Crippen LogP contribution in [0.4, 0.5) is 0 Å². The summed E-state index contributed by atoms with van der Waals surface area (Å²) in [6, 6.07) is 7.39. The van der Waals surface area contributed by atoms with Crippen molar-refractivity contribution in [3.8, 4) is 17.1 Å². The number of carbonyl (C=O) groups excluding carboxylic acids is 2. The molecule has 2 aliphatic heterocycles. The molecular formula is C21H26N4O5. The van der Waals surface area contributed by atoms with Gasteiger partial charge < -0.3 is 23.8 Å². The third-order valence-corrected chi connectivity index (χ3v) is 5.46. The first-order valence-electron chi connectivity index (χ1n) is 10.3. The zero-order valence-corrected chi connectivity index (χ0v) is 17.1. The summed E-state index contributed by atoms with van der Waals surface area (Å²) in [4.78, 5) is 32.8. The van der Waals surface area contributed by atoms with Gasteiger partial charge in [0.1, 0.15) is 5.75 Å². The fraction of sp³-hybridized carbons (Fsp3) is 0.524. The third-order valence-electron chi connectivity index (χ3n) is 5.46. The van der Waals surface area contributed by atoms with E-state index in [1.807, 2.05) is 24.3 Å². The standard InChI is InChI=1S/C21H26N4O5/c1-28-16-7-5-6-15(12-16)20-22-21(30-23-20)17-13-25(10-11-29-17)19(27)14-24-9-4-2-3-8-18(24)26/h5-7,12,17H,2-4,8-11,13-14H2,1H3/t17-/m1/s1. The lowest BCUT2D eigenvalue weighted by molar-refractivity contribution is -0.145. The Hall–Kier alpha value is -2.94. The maximum atomic E-state index is 12.8. The van der Waals surface area contributed by atoms with Gasteiger partial charge in [0.15, 0.2) is 6.10 Å². The molecule has 0 N–H and O–H groups in total. The second-order valence-corrected chi connectivity index (χ2v) is 7.51. The molecule has 9 heteroatoms. The Morgan fingerprint density at radius 2 is 2.17 bits per heavy atom. The molecule has 2 fully saturated rings. The summed E-state index contributed by atoms with van der Waals surface area (Å²) < 4.78 is 16.4. The molecule has 1 atom stereocenters. The van der Waals surface area contributed by atoms with Gasteiger partial charge in [0, 0.05) is 25.1 Å². The van der Waals surface area contributed by atoms with Crippen molar-refractivity contribution in [3.05, 3.63) is 30.2 Å². The van der Waals surface area contributed by atoms with Crippen LogP contribution in [-0.2, 0) is 14.3 Å². The lowest BCUT2D eigenvalue weighted by Gasteiger charge is -2.32. The van der Waals surface area contributed by atoms with Gasteiger partial charge in [0.2, 0.25) is 17.6 Å².